The fourth-order valence-corrected chi connectivity index (χ4v) is 5.16. The summed E-state index contributed by atoms with van der Waals surface area (Å²) in [6, 6.07) is 8.74. The molecule has 0 bridgehead atoms. The SMILES string of the molecule is Cc1ccc(-n2cnnc2SCC(=O)N2CCCC3CCCCC32)cc1. The van der Waals surface area contributed by atoms with Gasteiger partial charge in [0.25, 0.3) is 0 Å². The number of amides is 1. The molecule has 1 saturated heterocycles. The van der Waals surface area contributed by atoms with Crippen LogP contribution in [-0.2, 0) is 4.79 Å². The van der Waals surface area contributed by atoms with E-state index in [1.54, 1.807) is 6.33 Å². The van der Waals surface area contributed by atoms with Gasteiger partial charge in [0.05, 0.1) is 5.75 Å². The minimum Gasteiger partial charge on any atom is -0.339 e. The normalized spacial score (nSPS) is 22.9. The van der Waals surface area contributed by atoms with E-state index in [2.05, 4.69) is 46.3 Å². The zero-order valence-corrected chi connectivity index (χ0v) is 16.1. The number of nitrogens with zero attached hydrogens (tertiary/aromatic N) is 4. The second-order valence-electron chi connectivity index (χ2n) is 7.45. The van der Waals surface area contributed by atoms with E-state index in [1.807, 2.05) is 4.57 Å². The molecule has 2 heterocycles. The van der Waals surface area contributed by atoms with Gasteiger partial charge in [-0.3, -0.25) is 9.36 Å². The maximum atomic E-state index is 12.9. The predicted molar refractivity (Wildman–Crippen MR) is 104 cm³/mol. The Kier molecular flexibility index (Phi) is 5.29. The number of rotatable bonds is 4. The van der Waals surface area contributed by atoms with Crippen LogP contribution >= 0.6 is 11.8 Å². The Labute approximate surface area is 159 Å². The number of carbonyl (C=O) groups is 1. The third-order valence-corrected chi connectivity index (χ3v) is 6.64. The van der Waals surface area contributed by atoms with Crippen molar-refractivity contribution in [3.63, 3.8) is 0 Å². The van der Waals surface area contributed by atoms with Gasteiger partial charge < -0.3 is 4.90 Å². The van der Waals surface area contributed by atoms with Crippen LogP contribution < -0.4 is 0 Å². The molecule has 1 aromatic carbocycles. The molecule has 2 aliphatic rings. The summed E-state index contributed by atoms with van der Waals surface area (Å²) < 4.78 is 1.96. The Morgan fingerprint density at radius 1 is 1.15 bits per heavy atom. The molecule has 1 saturated carbocycles. The molecule has 4 rings (SSSR count). The molecule has 138 valence electrons. The summed E-state index contributed by atoms with van der Waals surface area (Å²) in [7, 11) is 0. The van der Waals surface area contributed by atoms with Crippen molar-refractivity contribution in [1.82, 2.24) is 19.7 Å². The highest BCUT2D eigenvalue weighted by Crippen LogP contribution is 2.35. The van der Waals surface area contributed by atoms with Crippen molar-refractivity contribution in [3.05, 3.63) is 36.2 Å². The van der Waals surface area contributed by atoms with Crippen LogP contribution in [-0.4, -0.2) is 43.9 Å². The number of benzene rings is 1. The summed E-state index contributed by atoms with van der Waals surface area (Å²) >= 11 is 1.49. The highest BCUT2D eigenvalue weighted by Gasteiger charge is 2.35. The van der Waals surface area contributed by atoms with Crippen molar-refractivity contribution in [2.45, 2.75) is 56.6 Å². The van der Waals surface area contributed by atoms with Crippen molar-refractivity contribution < 1.29 is 4.79 Å². The van der Waals surface area contributed by atoms with Gasteiger partial charge in [0.15, 0.2) is 5.16 Å². The van der Waals surface area contributed by atoms with E-state index in [4.69, 9.17) is 0 Å². The fraction of sp³-hybridized carbons (Fsp3) is 0.550. The lowest BCUT2D eigenvalue weighted by molar-refractivity contribution is -0.134. The largest absolute Gasteiger partial charge is 0.339 e. The summed E-state index contributed by atoms with van der Waals surface area (Å²) in [5, 5.41) is 9.04. The maximum absolute atomic E-state index is 12.9. The summed E-state index contributed by atoms with van der Waals surface area (Å²) in [5.74, 6) is 1.42. The van der Waals surface area contributed by atoms with E-state index in [0.717, 1.165) is 29.7 Å². The van der Waals surface area contributed by atoms with Gasteiger partial charge in [-0.05, 0) is 50.7 Å². The Hall–Kier alpha value is -1.82. The van der Waals surface area contributed by atoms with Crippen LogP contribution in [0.3, 0.4) is 0 Å². The van der Waals surface area contributed by atoms with Gasteiger partial charge in [-0.25, -0.2) is 0 Å². The molecule has 26 heavy (non-hydrogen) atoms. The number of carbonyl (C=O) groups excluding carboxylic acids is 1. The van der Waals surface area contributed by atoms with E-state index in [-0.39, 0.29) is 5.91 Å². The number of hydrogen-bond donors (Lipinski definition) is 0. The van der Waals surface area contributed by atoms with Crippen LogP contribution in [0.15, 0.2) is 35.7 Å². The van der Waals surface area contributed by atoms with Crippen LogP contribution in [0.2, 0.25) is 0 Å². The van der Waals surface area contributed by atoms with E-state index in [0.29, 0.717) is 11.8 Å². The highest BCUT2D eigenvalue weighted by molar-refractivity contribution is 7.99. The molecule has 1 amide bonds. The lowest BCUT2D eigenvalue weighted by atomic mass is 9.78. The molecule has 5 nitrogen and oxygen atoms in total. The summed E-state index contributed by atoms with van der Waals surface area (Å²) in [6.45, 7) is 2.99. The van der Waals surface area contributed by atoms with Crippen molar-refractivity contribution in [2.24, 2.45) is 5.92 Å². The average molecular weight is 371 g/mol. The molecule has 1 aromatic heterocycles. The summed E-state index contributed by atoms with van der Waals surface area (Å²) in [4.78, 5) is 15.0. The van der Waals surface area contributed by atoms with Gasteiger partial charge in [-0.2, -0.15) is 0 Å². The van der Waals surface area contributed by atoms with Gasteiger partial charge in [0.2, 0.25) is 5.91 Å². The lowest BCUT2D eigenvalue weighted by Crippen LogP contribution is -2.50. The minimum atomic E-state index is 0.255. The first-order valence-electron chi connectivity index (χ1n) is 9.62. The van der Waals surface area contributed by atoms with Gasteiger partial charge in [-0.1, -0.05) is 42.3 Å². The highest BCUT2D eigenvalue weighted by atomic mass is 32.2. The third-order valence-electron chi connectivity index (χ3n) is 5.72. The van der Waals surface area contributed by atoms with Crippen LogP contribution in [0.1, 0.15) is 44.1 Å². The predicted octanol–water partition coefficient (Wildman–Crippen LogP) is 3.85. The Balaban J connectivity index is 1.42. The Morgan fingerprint density at radius 2 is 1.92 bits per heavy atom. The molecule has 0 N–H and O–H groups in total. The second kappa shape index (κ2) is 7.82. The second-order valence-corrected chi connectivity index (χ2v) is 8.39. The molecule has 0 spiro atoms. The van der Waals surface area contributed by atoms with Crippen LogP contribution in [0, 0.1) is 12.8 Å². The number of piperidine rings is 1. The van der Waals surface area contributed by atoms with E-state index in [1.165, 1.54) is 49.4 Å². The number of likely N-dealkylation sites (tertiary alicyclic amines) is 1. The molecule has 1 aliphatic heterocycles. The third kappa shape index (κ3) is 3.65. The van der Waals surface area contributed by atoms with Gasteiger partial charge in [-0.15, -0.1) is 10.2 Å². The molecule has 2 unspecified atom stereocenters. The zero-order valence-electron chi connectivity index (χ0n) is 15.3. The quantitative estimate of drug-likeness (QED) is 0.767. The van der Waals surface area contributed by atoms with Gasteiger partial charge >= 0.3 is 0 Å². The number of hydrogen-bond acceptors (Lipinski definition) is 4. The average Bonchev–Trinajstić information content (AvgIpc) is 3.15. The summed E-state index contributed by atoms with van der Waals surface area (Å²) in [6.07, 6.45) is 9.23. The molecular formula is C20H26N4OS. The van der Waals surface area contributed by atoms with Gasteiger partial charge in [0.1, 0.15) is 6.33 Å². The molecule has 2 fully saturated rings. The van der Waals surface area contributed by atoms with Crippen LogP contribution in [0.5, 0.6) is 0 Å². The van der Waals surface area contributed by atoms with E-state index in [9.17, 15) is 4.79 Å². The smallest absolute Gasteiger partial charge is 0.233 e. The number of thioether (sulfide) groups is 1. The van der Waals surface area contributed by atoms with Crippen LogP contribution in [0.25, 0.3) is 5.69 Å². The van der Waals surface area contributed by atoms with Crippen LogP contribution in [0.4, 0.5) is 0 Å². The molecular weight excluding hydrogens is 344 g/mol. The Bertz CT molecular complexity index is 755. The standard InChI is InChI=1S/C20H26N4OS/c1-15-8-10-17(11-9-15)24-14-21-22-20(24)26-13-19(25)23-12-4-6-16-5-2-3-7-18(16)23/h8-11,14,16,18H,2-7,12-13H2,1H3. The first kappa shape index (κ1) is 17.6. The minimum absolute atomic E-state index is 0.255. The van der Waals surface area contributed by atoms with E-state index < -0.39 is 0 Å². The first-order valence-corrected chi connectivity index (χ1v) is 10.6. The number of aromatic nitrogens is 3. The monoisotopic (exact) mass is 370 g/mol. The van der Waals surface area contributed by atoms with Crippen molar-refractivity contribution in [2.75, 3.05) is 12.3 Å². The van der Waals surface area contributed by atoms with Gasteiger partial charge in [0, 0.05) is 18.3 Å². The van der Waals surface area contributed by atoms with Crippen molar-refractivity contribution >= 4 is 17.7 Å². The topological polar surface area (TPSA) is 51.0 Å². The molecule has 2 atom stereocenters. The molecule has 6 heteroatoms. The summed E-state index contributed by atoms with van der Waals surface area (Å²) in [5.41, 5.74) is 2.25. The van der Waals surface area contributed by atoms with E-state index >= 15 is 0 Å². The number of aryl methyl sites for hydroxylation is 1. The van der Waals surface area contributed by atoms with Crippen molar-refractivity contribution in [1.29, 1.82) is 0 Å². The fourth-order valence-electron chi connectivity index (χ4n) is 4.35. The number of fused-ring (bicyclic) bond motifs is 1. The van der Waals surface area contributed by atoms with Crippen molar-refractivity contribution in [3.8, 4) is 5.69 Å². The molecule has 2 aromatic rings. The maximum Gasteiger partial charge on any atom is 0.233 e. The lowest BCUT2D eigenvalue weighted by Gasteiger charge is -2.44. The Morgan fingerprint density at radius 3 is 2.77 bits per heavy atom. The zero-order chi connectivity index (χ0) is 17.9. The first-order chi connectivity index (χ1) is 12.7. The molecule has 0 radical (unpaired) electrons. The molecule has 1 aliphatic carbocycles.